The van der Waals surface area contributed by atoms with Crippen molar-refractivity contribution in [3.8, 4) is 0 Å². The molecule has 21 heavy (non-hydrogen) atoms. The molecule has 1 aliphatic heterocycles. The third-order valence-corrected chi connectivity index (χ3v) is 3.50. The predicted octanol–water partition coefficient (Wildman–Crippen LogP) is 1.46. The number of nitrogens with one attached hydrogen (secondary N) is 3. The highest BCUT2D eigenvalue weighted by Gasteiger charge is 2.26. The zero-order valence-corrected chi connectivity index (χ0v) is 14.4. The highest BCUT2D eigenvalue weighted by atomic mass is 35.5. The normalized spacial score (nSPS) is 19.8. The molecule has 2 amide bonds. The molecule has 6 heteroatoms. The summed E-state index contributed by atoms with van der Waals surface area (Å²) in [6.07, 6.45) is 2.54. The summed E-state index contributed by atoms with van der Waals surface area (Å²) >= 11 is 0. The number of rotatable bonds is 6. The maximum absolute atomic E-state index is 12.3. The number of piperidine rings is 1. The van der Waals surface area contributed by atoms with Crippen LogP contribution in [0, 0.1) is 11.8 Å². The molecular weight excluding hydrogens is 290 g/mol. The van der Waals surface area contributed by atoms with Gasteiger partial charge in [0.2, 0.25) is 11.8 Å². The molecule has 0 saturated carbocycles. The first-order valence-electron chi connectivity index (χ1n) is 7.70. The van der Waals surface area contributed by atoms with Gasteiger partial charge < -0.3 is 16.0 Å². The number of hydrogen-bond acceptors (Lipinski definition) is 3. The van der Waals surface area contributed by atoms with Crippen LogP contribution in [0.2, 0.25) is 0 Å². The lowest BCUT2D eigenvalue weighted by Crippen LogP contribution is -2.54. The van der Waals surface area contributed by atoms with Crippen molar-refractivity contribution in [1.29, 1.82) is 0 Å². The highest BCUT2D eigenvalue weighted by Crippen LogP contribution is 2.07. The van der Waals surface area contributed by atoms with Crippen LogP contribution in [0.25, 0.3) is 0 Å². The Morgan fingerprint density at radius 2 is 1.90 bits per heavy atom. The monoisotopic (exact) mass is 319 g/mol. The van der Waals surface area contributed by atoms with E-state index in [4.69, 9.17) is 0 Å². The van der Waals surface area contributed by atoms with Crippen LogP contribution < -0.4 is 16.0 Å². The number of halogens is 1. The van der Waals surface area contributed by atoms with E-state index in [1.54, 1.807) is 0 Å². The Balaban J connectivity index is 0.00000400. The lowest BCUT2D eigenvalue weighted by atomic mass is 10.0. The molecule has 124 valence electrons. The first kappa shape index (κ1) is 20.2. The van der Waals surface area contributed by atoms with Crippen molar-refractivity contribution < 1.29 is 9.59 Å². The van der Waals surface area contributed by atoms with Gasteiger partial charge in [-0.2, -0.15) is 0 Å². The minimum atomic E-state index is -0.442. The van der Waals surface area contributed by atoms with Gasteiger partial charge in [-0.25, -0.2) is 0 Å². The van der Waals surface area contributed by atoms with Crippen LogP contribution in [0.5, 0.6) is 0 Å². The largest absolute Gasteiger partial charge is 0.350 e. The molecule has 0 aliphatic carbocycles. The fourth-order valence-corrected chi connectivity index (χ4v) is 2.40. The van der Waals surface area contributed by atoms with E-state index in [9.17, 15) is 9.59 Å². The molecule has 3 N–H and O–H groups in total. The second-order valence-electron chi connectivity index (χ2n) is 6.44. The molecule has 1 aliphatic rings. The Morgan fingerprint density at radius 1 is 1.24 bits per heavy atom. The molecule has 1 heterocycles. The standard InChI is InChI=1S/C15H29N3O2.ClH/c1-10(2)8-13(19)18-14(11(3)4)15(20)17-12-6-5-7-16-9-12;/h10-12,14,16H,5-9H2,1-4H3,(H,17,20)(H,18,19);1H/t12-,14?;/m0./s1. The molecule has 0 radical (unpaired) electrons. The van der Waals surface area contributed by atoms with E-state index >= 15 is 0 Å². The predicted molar refractivity (Wildman–Crippen MR) is 87.5 cm³/mol. The van der Waals surface area contributed by atoms with Gasteiger partial charge in [-0.1, -0.05) is 27.7 Å². The number of amides is 2. The second-order valence-corrected chi connectivity index (χ2v) is 6.44. The molecule has 1 unspecified atom stereocenters. The summed E-state index contributed by atoms with van der Waals surface area (Å²) in [7, 11) is 0. The SMILES string of the molecule is CC(C)CC(=O)NC(C(=O)N[C@H]1CCCNC1)C(C)C.Cl. The van der Waals surface area contributed by atoms with E-state index in [1.165, 1.54) is 0 Å². The fraction of sp³-hybridized carbons (Fsp3) is 0.867. The number of carbonyl (C=O) groups excluding carboxylic acids is 2. The molecule has 0 aromatic rings. The third kappa shape index (κ3) is 7.67. The van der Waals surface area contributed by atoms with Gasteiger partial charge >= 0.3 is 0 Å². The van der Waals surface area contributed by atoms with Crippen molar-refractivity contribution in [2.45, 2.75) is 59.0 Å². The molecule has 0 spiro atoms. The van der Waals surface area contributed by atoms with Crippen molar-refractivity contribution in [2.75, 3.05) is 13.1 Å². The molecule has 0 aromatic heterocycles. The zero-order valence-electron chi connectivity index (χ0n) is 13.6. The summed E-state index contributed by atoms with van der Waals surface area (Å²) in [6.45, 7) is 9.75. The Hall–Kier alpha value is -0.810. The maximum atomic E-state index is 12.3. The van der Waals surface area contributed by atoms with E-state index in [0.29, 0.717) is 12.3 Å². The van der Waals surface area contributed by atoms with Crippen molar-refractivity contribution >= 4 is 24.2 Å². The van der Waals surface area contributed by atoms with Gasteiger partial charge in [0.1, 0.15) is 6.04 Å². The summed E-state index contributed by atoms with van der Waals surface area (Å²) in [4.78, 5) is 24.2. The maximum Gasteiger partial charge on any atom is 0.243 e. The molecule has 1 rings (SSSR count). The van der Waals surface area contributed by atoms with Crippen molar-refractivity contribution in [3.63, 3.8) is 0 Å². The first-order chi connectivity index (χ1) is 9.40. The minimum absolute atomic E-state index is 0. The molecule has 0 bridgehead atoms. The summed E-state index contributed by atoms with van der Waals surface area (Å²) in [5.74, 6) is 0.275. The molecule has 5 nitrogen and oxygen atoms in total. The lowest BCUT2D eigenvalue weighted by molar-refractivity contribution is -0.130. The summed E-state index contributed by atoms with van der Waals surface area (Å²) in [5.41, 5.74) is 0. The van der Waals surface area contributed by atoms with Crippen LogP contribution in [-0.2, 0) is 9.59 Å². The Labute approximate surface area is 134 Å². The quantitative estimate of drug-likeness (QED) is 0.694. The van der Waals surface area contributed by atoms with E-state index < -0.39 is 6.04 Å². The van der Waals surface area contributed by atoms with Crippen molar-refractivity contribution in [3.05, 3.63) is 0 Å². The van der Waals surface area contributed by atoms with Gasteiger partial charge in [0.05, 0.1) is 0 Å². The molecule has 2 atom stereocenters. The molecule has 1 saturated heterocycles. The molecule has 0 aromatic carbocycles. The number of hydrogen-bond donors (Lipinski definition) is 3. The number of carbonyl (C=O) groups is 2. The van der Waals surface area contributed by atoms with Crippen molar-refractivity contribution in [2.24, 2.45) is 11.8 Å². The second kappa shape index (κ2) is 10.0. The van der Waals surface area contributed by atoms with Crippen LogP contribution in [-0.4, -0.2) is 37.0 Å². The van der Waals surface area contributed by atoms with Gasteiger partial charge in [-0.3, -0.25) is 9.59 Å². The minimum Gasteiger partial charge on any atom is -0.350 e. The Morgan fingerprint density at radius 3 is 2.38 bits per heavy atom. The summed E-state index contributed by atoms with van der Waals surface area (Å²) in [5, 5.41) is 9.18. The van der Waals surface area contributed by atoms with E-state index in [-0.39, 0.29) is 36.2 Å². The van der Waals surface area contributed by atoms with Crippen LogP contribution in [0.4, 0.5) is 0 Å². The average Bonchev–Trinajstić information content (AvgIpc) is 2.35. The van der Waals surface area contributed by atoms with E-state index in [2.05, 4.69) is 16.0 Å². The van der Waals surface area contributed by atoms with Crippen LogP contribution in [0.15, 0.2) is 0 Å². The first-order valence-corrected chi connectivity index (χ1v) is 7.70. The van der Waals surface area contributed by atoms with Gasteiger partial charge in [-0.05, 0) is 31.2 Å². The van der Waals surface area contributed by atoms with Gasteiger partial charge in [0.15, 0.2) is 0 Å². The highest BCUT2D eigenvalue weighted by molar-refractivity contribution is 5.88. The van der Waals surface area contributed by atoms with Crippen LogP contribution in [0.3, 0.4) is 0 Å². The Kier molecular flexibility index (Phi) is 9.62. The third-order valence-electron chi connectivity index (χ3n) is 3.50. The van der Waals surface area contributed by atoms with E-state index in [0.717, 1.165) is 25.9 Å². The smallest absolute Gasteiger partial charge is 0.243 e. The van der Waals surface area contributed by atoms with Crippen LogP contribution >= 0.6 is 12.4 Å². The average molecular weight is 320 g/mol. The summed E-state index contributed by atoms with van der Waals surface area (Å²) < 4.78 is 0. The molecular formula is C15H30ClN3O2. The van der Waals surface area contributed by atoms with Gasteiger partial charge in [-0.15, -0.1) is 12.4 Å². The van der Waals surface area contributed by atoms with Crippen LogP contribution in [0.1, 0.15) is 47.0 Å². The zero-order chi connectivity index (χ0) is 15.1. The molecule has 1 fully saturated rings. The van der Waals surface area contributed by atoms with Gasteiger partial charge in [0.25, 0.3) is 0 Å². The van der Waals surface area contributed by atoms with E-state index in [1.807, 2.05) is 27.7 Å². The fourth-order valence-electron chi connectivity index (χ4n) is 2.40. The Bertz CT molecular complexity index is 329. The van der Waals surface area contributed by atoms with Gasteiger partial charge in [0, 0.05) is 19.0 Å². The lowest BCUT2D eigenvalue weighted by Gasteiger charge is -2.28. The topological polar surface area (TPSA) is 70.2 Å². The van der Waals surface area contributed by atoms with Crippen molar-refractivity contribution in [1.82, 2.24) is 16.0 Å². The summed E-state index contributed by atoms with van der Waals surface area (Å²) in [6, 6.07) is -0.261.